The minimum absolute atomic E-state index is 0.786. The third kappa shape index (κ3) is 2.51. The highest BCUT2D eigenvalue weighted by atomic mass is 79.9. The Hall–Kier alpha value is -1.12. The predicted molar refractivity (Wildman–Crippen MR) is 70.9 cm³/mol. The van der Waals surface area contributed by atoms with Gasteiger partial charge in [0.25, 0.3) is 0 Å². The van der Waals surface area contributed by atoms with E-state index < -0.39 is 8.07 Å². The Labute approximate surface area is 104 Å². The quantitative estimate of drug-likeness (QED) is 0.552. The molecule has 0 radical (unpaired) electrons. The fraction of sp³-hybridized carbons (Fsp3) is 0.273. The van der Waals surface area contributed by atoms with Crippen molar-refractivity contribution < 1.29 is 0 Å². The van der Waals surface area contributed by atoms with E-state index >= 15 is 0 Å². The van der Waals surface area contributed by atoms with Crippen molar-refractivity contribution in [2.24, 2.45) is 0 Å². The molecule has 82 valence electrons. The molecular weight excluding hydrogens is 282 g/mol. The first-order valence-corrected chi connectivity index (χ1v) is 9.28. The van der Waals surface area contributed by atoms with E-state index in [0.717, 1.165) is 15.9 Å². The maximum atomic E-state index is 4.32. The van der Waals surface area contributed by atoms with Gasteiger partial charge in [-0.25, -0.2) is 9.50 Å². The van der Waals surface area contributed by atoms with Gasteiger partial charge in [0.15, 0.2) is 5.65 Å². The van der Waals surface area contributed by atoms with Gasteiger partial charge >= 0.3 is 0 Å². The summed E-state index contributed by atoms with van der Waals surface area (Å²) in [6.07, 6.45) is 1.77. The zero-order valence-corrected chi connectivity index (χ0v) is 12.0. The molecule has 0 N–H and O–H groups in total. The van der Waals surface area contributed by atoms with E-state index in [9.17, 15) is 0 Å². The molecule has 2 aromatic heterocycles. The number of hydrogen-bond acceptors (Lipinski definition) is 2. The molecule has 0 amide bonds. The smallest absolute Gasteiger partial charge is 0.155 e. The lowest BCUT2D eigenvalue weighted by Crippen LogP contribution is -2.16. The van der Waals surface area contributed by atoms with Crippen molar-refractivity contribution in [2.45, 2.75) is 19.6 Å². The van der Waals surface area contributed by atoms with Gasteiger partial charge in [0.1, 0.15) is 18.4 Å². The molecule has 0 aliphatic carbocycles. The summed E-state index contributed by atoms with van der Waals surface area (Å²) in [5, 5.41) is 4.32. The molecule has 0 aromatic carbocycles. The van der Waals surface area contributed by atoms with Gasteiger partial charge in [0.2, 0.25) is 0 Å². The largest absolute Gasteiger partial charge is 0.234 e. The molecule has 0 fully saturated rings. The fourth-order valence-electron chi connectivity index (χ4n) is 1.19. The van der Waals surface area contributed by atoms with Crippen molar-refractivity contribution >= 4 is 29.7 Å². The predicted octanol–water partition coefficient (Wildman–Crippen LogP) is 2.72. The number of hydrogen-bond donors (Lipinski definition) is 0. The molecular formula is C11H12BrN3Si. The maximum absolute atomic E-state index is 4.32. The number of aromatic nitrogens is 3. The molecule has 0 unspecified atom stereocenters. The molecule has 2 aromatic rings. The molecule has 0 saturated carbocycles. The van der Waals surface area contributed by atoms with Crippen molar-refractivity contribution in [1.29, 1.82) is 0 Å². The Morgan fingerprint density at radius 2 is 2.06 bits per heavy atom. The zero-order valence-electron chi connectivity index (χ0n) is 9.45. The standard InChI is InChI=1S/C11H12BrN3Si/c1-16(2,3)7-6-9-8-13-11-5-4-10(12)14-15(9)11/h4-5,8H,1-3H3. The topological polar surface area (TPSA) is 30.2 Å². The summed E-state index contributed by atoms with van der Waals surface area (Å²) in [7, 11) is -1.36. The Balaban J connectivity index is 2.52. The van der Waals surface area contributed by atoms with Crippen molar-refractivity contribution in [2.75, 3.05) is 0 Å². The van der Waals surface area contributed by atoms with Gasteiger partial charge in [-0.05, 0) is 28.1 Å². The number of fused-ring (bicyclic) bond motifs is 1. The second kappa shape index (κ2) is 4.04. The second-order valence-corrected chi connectivity index (χ2v) is 10.1. The first-order chi connectivity index (χ1) is 7.46. The van der Waals surface area contributed by atoms with E-state index in [2.05, 4.69) is 57.1 Å². The lowest BCUT2D eigenvalue weighted by molar-refractivity contribution is 0.905. The molecule has 2 heterocycles. The van der Waals surface area contributed by atoms with Gasteiger partial charge < -0.3 is 0 Å². The summed E-state index contributed by atoms with van der Waals surface area (Å²) in [5.41, 5.74) is 4.98. The van der Waals surface area contributed by atoms with E-state index in [1.54, 1.807) is 10.7 Å². The molecule has 0 atom stereocenters. The first-order valence-electron chi connectivity index (χ1n) is 4.99. The van der Waals surface area contributed by atoms with Crippen LogP contribution in [0.5, 0.6) is 0 Å². The number of rotatable bonds is 0. The van der Waals surface area contributed by atoms with Crippen LogP contribution in [-0.4, -0.2) is 22.7 Å². The van der Waals surface area contributed by atoms with Crippen LogP contribution in [0.25, 0.3) is 5.65 Å². The Bertz CT molecular complexity index is 587. The number of nitrogens with zero attached hydrogens (tertiary/aromatic N) is 3. The van der Waals surface area contributed by atoms with Crippen LogP contribution in [0.2, 0.25) is 19.6 Å². The third-order valence-electron chi connectivity index (χ3n) is 1.90. The van der Waals surface area contributed by atoms with Crippen LogP contribution >= 0.6 is 15.9 Å². The summed E-state index contributed by atoms with van der Waals surface area (Å²) >= 11 is 3.34. The number of imidazole rings is 1. The number of halogens is 1. The molecule has 0 saturated heterocycles. The van der Waals surface area contributed by atoms with Crippen LogP contribution in [0.3, 0.4) is 0 Å². The first kappa shape index (κ1) is 11.4. The molecule has 0 aliphatic heterocycles. The molecule has 3 nitrogen and oxygen atoms in total. The Morgan fingerprint density at radius 1 is 1.31 bits per heavy atom. The highest BCUT2D eigenvalue weighted by molar-refractivity contribution is 9.10. The van der Waals surface area contributed by atoms with Gasteiger partial charge in [-0.3, -0.25) is 0 Å². The van der Waals surface area contributed by atoms with Crippen molar-refractivity contribution in [3.63, 3.8) is 0 Å². The van der Waals surface area contributed by atoms with Crippen molar-refractivity contribution in [1.82, 2.24) is 14.6 Å². The molecule has 0 bridgehead atoms. The zero-order chi connectivity index (χ0) is 11.8. The summed E-state index contributed by atoms with van der Waals surface area (Å²) in [6.45, 7) is 6.64. The van der Waals surface area contributed by atoms with Crippen molar-refractivity contribution in [3.8, 4) is 11.5 Å². The van der Waals surface area contributed by atoms with Crippen LogP contribution in [0.15, 0.2) is 22.9 Å². The lowest BCUT2D eigenvalue weighted by atomic mass is 10.5. The SMILES string of the molecule is C[Si](C)(C)C#Cc1cnc2ccc(Br)nn12. The van der Waals surface area contributed by atoms with Crippen LogP contribution < -0.4 is 0 Å². The van der Waals surface area contributed by atoms with E-state index in [-0.39, 0.29) is 0 Å². The fourth-order valence-corrected chi connectivity index (χ4v) is 1.98. The summed E-state index contributed by atoms with van der Waals surface area (Å²) in [5.74, 6) is 3.16. The van der Waals surface area contributed by atoms with E-state index in [4.69, 9.17) is 0 Å². The third-order valence-corrected chi connectivity index (χ3v) is 3.19. The van der Waals surface area contributed by atoms with E-state index in [1.165, 1.54) is 0 Å². The van der Waals surface area contributed by atoms with Gasteiger partial charge in [-0.1, -0.05) is 25.6 Å². The van der Waals surface area contributed by atoms with Crippen LogP contribution in [-0.2, 0) is 0 Å². The van der Waals surface area contributed by atoms with Crippen LogP contribution in [0.1, 0.15) is 5.69 Å². The second-order valence-electron chi connectivity index (χ2n) is 4.57. The summed E-state index contributed by atoms with van der Waals surface area (Å²) < 4.78 is 2.55. The van der Waals surface area contributed by atoms with E-state index in [1.807, 2.05) is 12.1 Å². The molecule has 16 heavy (non-hydrogen) atoms. The molecule has 2 rings (SSSR count). The minimum Gasteiger partial charge on any atom is -0.234 e. The normalized spacial score (nSPS) is 11.2. The van der Waals surface area contributed by atoms with Gasteiger partial charge in [-0.15, -0.1) is 5.54 Å². The molecule has 0 aliphatic rings. The lowest BCUT2D eigenvalue weighted by Gasteiger charge is -2.02. The van der Waals surface area contributed by atoms with Gasteiger partial charge in [-0.2, -0.15) is 5.10 Å². The monoisotopic (exact) mass is 293 g/mol. The molecule has 5 heteroatoms. The van der Waals surface area contributed by atoms with Gasteiger partial charge in [0, 0.05) is 0 Å². The highest BCUT2D eigenvalue weighted by Gasteiger charge is 2.08. The van der Waals surface area contributed by atoms with Gasteiger partial charge in [0.05, 0.1) is 6.20 Å². The average Bonchev–Trinajstić information content (AvgIpc) is 2.56. The van der Waals surface area contributed by atoms with Crippen molar-refractivity contribution in [3.05, 3.63) is 28.6 Å². The Kier molecular flexibility index (Phi) is 2.87. The van der Waals surface area contributed by atoms with E-state index in [0.29, 0.717) is 0 Å². The molecule has 0 spiro atoms. The summed E-state index contributed by atoms with van der Waals surface area (Å²) in [6, 6.07) is 3.79. The summed E-state index contributed by atoms with van der Waals surface area (Å²) in [4.78, 5) is 4.25. The van der Waals surface area contributed by atoms with Crippen LogP contribution in [0, 0.1) is 11.5 Å². The maximum Gasteiger partial charge on any atom is 0.155 e. The average molecular weight is 294 g/mol. The Morgan fingerprint density at radius 3 is 2.75 bits per heavy atom. The minimum atomic E-state index is -1.36. The van der Waals surface area contributed by atoms with Crippen LogP contribution in [0.4, 0.5) is 0 Å². The highest BCUT2D eigenvalue weighted by Crippen LogP contribution is 2.09.